The van der Waals surface area contributed by atoms with Gasteiger partial charge in [0, 0.05) is 0 Å². The fourth-order valence-corrected chi connectivity index (χ4v) is 1.40. The summed E-state index contributed by atoms with van der Waals surface area (Å²) in [6.45, 7) is 1.14. The Balaban J connectivity index is 5.08. The predicted molar refractivity (Wildman–Crippen MR) is 46.7 cm³/mol. The van der Waals surface area contributed by atoms with Crippen LogP contribution in [0.4, 0.5) is 0 Å². The minimum Gasteiger partial charge on any atom is -0.477 e. The molecule has 1 N–H and O–H groups in total. The van der Waals surface area contributed by atoms with E-state index >= 15 is 0 Å². The monoisotopic (exact) mass is 230 g/mol. The molecule has 0 saturated heterocycles. The maximum absolute atomic E-state index is 10.8. The SMILES string of the molecule is CC(=O)C(=C(Cl)C(=O)O)C(Cl)Cl. The number of aliphatic carboxylic acids is 1. The highest BCUT2D eigenvalue weighted by atomic mass is 35.5. The lowest BCUT2D eigenvalue weighted by atomic mass is 10.2. The second-order valence-corrected chi connectivity index (χ2v) is 3.36. The summed E-state index contributed by atoms with van der Waals surface area (Å²) in [4.78, 5) is 19.8. The Morgan fingerprint density at radius 3 is 1.83 bits per heavy atom. The molecule has 0 amide bonds. The van der Waals surface area contributed by atoms with Crippen molar-refractivity contribution in [3.8, 4) is 0 Å². The lowest BCUT2D eigenvalue weighted by molar-refractivity contribution is -0.132. The van der Waals surface area contributed by atoms with E-state index in [1.54, 1.807) is 0 Å². The van der Waals surface area contributed by atoms with Crippen LogP contribution in [0.1, 0.15) is 6.92 Å². The van der Waals surface area contributed by atoms with Crippen molar-refractivity contribution in [1.29, 1.82) is 0 Å². The maximum Gasteiger partial charge on any atom is 0.347 e. The molecule has 12 heavy (non-hydrogen) atoms. The zero-order valence-corrected chi connectivity index (χ0v) is 8.24. The Hall–Kier alpha value is -0.250. The normalized spacial score (nSPS) is 12.8. The van der Waals surface area contributed by atoms with E-state index in [-0.39, 0.29) is 5.57 Å². The van der Waals surface area contributed by atoms with Gasteiger partial charge in [0.25, 0.3) is 0 Å². The van der Waals surface area contributed by atoms with Crippen molar-refractivity contribution in [2.75, 3.05) is 0 Å². The number of hydrogen-bond acceptors (Lipinski definition) is 2. The first-order chi connectivity index (χ1) is 5.37. The van der Waals surface area contributed by atoms with Crippen LogP contribution in [0.15, 0.2) is 10.6 Å². The minimum atomic E-state index is -1.42. The summed E-state index contributed by atoms with van der Waals surface area (Å²) >= 11 is 15.9. The number of hydrogen-bond donors (Lipinski definition) is 1. The first kappa shape index (κ1) is 11.8. The molecular formula is C6H5Cl3O3. The Morgan fingerprint density at radius 2 is 1.75 bits per heavy atom. The first-order valence-corrected chi connectivity index (χ1v) is 4.05. The van der Waals surface area contributed by atoms with Gasteiger partial charge in [-0.2, -0.15) is 0 Å². The largest absolute Gasteiger partial charge is 0.477 e. The predicted octanol–water partition coefficient (Wildman–Crippen LogP) is 1.96. The third kappa shape index (κ3) is 3.01. The van der Waals surface area contributed by atoms with Crippen molar-refractivity contribution in [3.63, 3.8) is 0 Å². The van der Waals surface area contributed by atoms with E-state index < -0.39 is 21.6 Å². The minimum absolute atomic E-state index is 0.299. The molecule has 0 fully saturated rings. The number of Topliss-reactive ketones (excluding diaryl/α,β-unsaturated/α-hetero) is 1. The Bertz CT molecular complexity index is 244. The molecule has 3 nitrogen and oxygen atoms in total. The van der Waals surface area contributed by atoms with Crippen LogP contribution < -0.4 is 0 Å². The van der Waals surface area contributed by atoms with Crippen LogP contribution in [0, 0.1) is 0 Å². The van der Waals surface area contributed by atoms with Gasteiger partial charge in [0.2, 0.25) is 0 Å². The van der Waals surface area contributed by atoms with E-state index in [1.807, 2.05) is 0 Å². The summed E-state index contributed by atoms with van der Waals surface area (Å²) in [6.07, 6.45) is 0. The topological polar surface area (TPSA) is 54.4 Å². The molecule has 0 spiro atoms. The van der Waals surface area contributed by atoms with E-state index in [9.17, 15) is 9.59 Å². The summed E-state index contributed by atoms with van der Waals surface area (Å²) in [5, 5.41) is 7.75. The van der Waals surface area contributed by atoms with Crippen molar-refractivity contribution < 1.29 is 14.7 Å². The van der Waals surface area contributed by atoms with Crippen LogP contribution in [0.2, 0.25) is 0 Å². The second-order valence-electron chi connectivity index (χ2n) is 1.89. The number of allylic oxidation sites excluding steroid dienone is 1. The van der Waals surface area contributed by atoms with Gasteiger partial charge in [0.15, 0.2) is 5.78 Å². The van der Waals surface area contributed by atoms with Gasteiger partial charge in [-0.05, 0) is 6.92 Å². The smallest absolute Gasteiger partial charge is 0.347 e. The van der Waals surface area contributed by atoms with Gasteiger partial charge >= 0.3 is 5.97 Å². The summed E-state index contributed by atoms with van der Waals surface area (Å²) in [6, 6.07) is 0. The molecule has 0 atom stereocenters. The molecule has 68 valence electrons. The molecule has 0 heterocycles. The van der Waals surface area contributed by atoms with Crippen LogP contribution in [0.3, 0.4) is 0 Å². The number of ketones is 1. The summed E-state index contributed by atoms with van der Waals surface area (Å²) < 4.78 is 0. The quantitative estimate of drug-likeness (QED) is 0.597. The van der Waals surface area contributed by atoms with E-state index in [1.165, 1.54) is 0 Å². The van der Waals surface area contributed by atoms with E-state index in [0.29, 0.717) is 0 Å². The molecule has 0 aromatic rings. The molecule has 0 aromatic heterocycles. The zero-order valence-electron chi connectivity index (χ0n) is 5.97. The van der Waals surface area contributed by atoms with Crippen LogP contribution in [-0.2, 0) is 9.59 Å². The number of carboxylic acids is 1. The first-order valence-electron chi connectivity index (χ1n) is 2.80. The lowest BCUT2D eigenvalue weighted by Gasteiger charge is -2.04. The highest BCUT2D eigenvalue weighted by molar-refractivity contribution is 6.51. The van der Waals surface area contributed by atoms with Gasteiger partial charge in [0.05, 0.1) is 5.57 Å². The average Bonchev–Trinajstić information content (AvgIpc) is 1.85. The number of carbonyl (C=O) groups is 2. The summed E-state index contributed by atoms with van der Waals surface area (Å²) in [5.74, 6) is -1.98. The molecule has 0 aliphatic rings. The highest BCUT2D eigenvalue weighted by Crippen LogP contribution is 2.21. The van der Waals surface area contributed by atoms with Crippen LogP contribution in [0.25, 0.3) is 0 Å². The van der Waals surface area contributed by atoms with Crippen molar-refractivity contribution >= 4 is 46.6 Å². The third-order valence-corrected chi connectivity index (χ3v) is 1.82. The molecule has 0 aliphatic carbocycles. The molecular weight excluding hydrogens is 226 g/mol. The number of rotatable bonds is 3. The molecule has 0 radical (unpaired) electrons. The van der Waals surface area contributed by atoms with Gasteiger partial charge in [-0.25, -0.2) is 4.79 Å². The van der Waals surface area contributed by atoms with Gasteiger partial charge in [-0.15, -0.1) is 0 Å². The number of alkyl halides is 2. The van der Waals surface area contributed by atoms with E-state index in [4.69, 9.17) is 39.9 Å². The third-order valence-electron chi connectivity index (χ3n) is 1.02. The van der Waals surface area contributed by atoms with Crippen LogP contribution >= 0.6 is 34.8 Å². The van der Waals surface area contributed by atoms with Crippen molar-refractivity contribution in [2.24, 2.45) is 0 Å². The van der Waals surface area contributed by atoms with Gasteiger partial charge < -0.3 is 5.11 Å². The fourth-order valence-electron chi connectivity index (χ4n) is 0.519. The maximum atomic E-state index is 10.8. The van der Waals surface area contributed by atoms with Crippen LogP contribution in [-0.4, -0.2) is 21.7 Å². The van der Waals surface area contributed by atoms with Gasteiger partial charge in [0.1, 0.15) is 9.87 Å². The van der Waals surface area contributed by atoms with Crippen molar-refractivity contribution in [1.82, 2.24) is 0 Å². The molecule has 0 aromatic carbocycles. The number of carboxylic acid groups (broad SMARTS) is 1. The zero-order chi connectivity index (χ0) is 9.89. The fraction of sp³-hybridized carbons (Fsp3) is 0.333. The molecule has 0 bridgehead atoms. The average molecular weight is 231 g/mol. The van der Waals surface area contributed by atoms with E-state index in [0.717, 1.165) is 6.92 Å². The summed E-state index contributed by atoms with van der Waals surface area (Å²) in [5.41, 5.74) is -0.299. The lowest BCUT2D eigenvalue weighted by Crippen LogP contribution is -2.11. The van der Waals surface area contributed by atoms with E-state index in [2.05, 4.69) is 0 Å². The molecule has 6 heteroatoms. The van der Waals surface area contributed by atoms with Crippen molar-refractivity contribution in [2.45, 2.75) is 11.8 Å². The molecule has 0 rings (SSSR count). The van der Waals surface area contributed by atoms with Crippen LogP contribution in [0.5, 0.6) is 0 Å². The standard InChI is InChI=1S/C6H5Cl3O3/c1-2(10)3(5(8)9)4(7)6(11)12/h5H,1H3,(H,11,12). The summed E-state index contributed by atoms with van der Waals surface area (Å²) in [7, 11) is 0. The Labute approximate surface area is 83.9 Å². The van der Waals surface area contributed by atoms with Gasteiger partial charge in [-0.3, -0.25) is 4.79 Å². The number of carbonyl (C=O) groups excluding carboxylic acids is 1. The molecule has 0 aliphatic heterocycles. The Morgan fingerprint density at radius 1 is 1.33 bits per heavy atom. The highest BCUT2D eigenvalue weighted by Gasteiger charge is 2.21. The van der Waals surface area contributed by atoms with Gasteiger partial charge in [-0.1, -0.05) is 34.8 Å². The van der Waals surface area contributed by atoms with Crippen molar-refractivity contribution in [3.05, 3.63) is 10.6 Å². The molecule has 0 saturated carbocycles. The second kappa shape index (κ2) is 4.70. The Kier molecular flexibility index (Phi) is 4.60. The number of halogens is 3. The molecule has 0 unspecified atom stereocenters.